The summed E-state index contributed by atoms with van der Waals surface area (Å²) in [6.45, 7) is 3.60. The van der Waals surface area contributed by atoms with Gasteiger partial charge in [0.2, 0.25) is 11.2 Å². The van der Waals surface area contributed by atoms with Crippen molar-refractivity contribution in [2.75, 3.05) is 11.9 Å². The fourth-order valence-corrected chi connectivity index (χ4v) is 4.88. The van der Waals surface area contributed by atoms with E-state index in [4.69, 9.17) is 9.15 Å². The summed E-state index contributed by atoms with van der Waals surface area (Å²) in [4.78, 5) is 26.2. The maximum Gasteiger partial charge on any atom is 0.450 e. The summed E-state index contributed by atoms with van der Waals surface area (Å²) in [5, 5.41) is 4.05. The van der Waals surface area contributed by atoms with Crippen molar-refractivity contribution in [3.63, 3.8) is 0 Å². The van der Waals surface area contributed by atoms with Gasteiger partial charge in [-0.2, -0.15) is 13.2 Å². The van der Waals surface area contributed by atoms with Gasteiger partial charge in [0, 0.05) is 11.8 Å². The van der Waals surface area contributed by atoms with Crippen molar-refractivity contribution in [2.45, 2.75) is 32.9 Å². The van der Waals surface area contributed by atoms with Gasteiger partial charge in [0.1, 0.15) is 11.3 Å². The zero-order valence-corrected chi connectivity index (χ0v) is 21.9. The molecule has 0 radical (unpaired) electrons. The van der Waals surface area contributed by atoms with E-state index in [0.717, 1.165) is 29.7 Å². The summed E-state index contributed by atoms with van der Waals surface area (Å²) >= 11 is 0. The molecule has 5 rings (SSSR count). The molecule has 0 fully saturated rings. The average molecular weight is 546 g/mol. The molecular formula is C32H26F3NO4. The molecule has 5 aromatic rings. The number of halogens is 3. The molecule has 40 heavy (non-hydrogen) atoms. The van der Waals surface area contributed by atoms with Gasteiger partial charge >= 0.3 is 6.18 Å². The summed E-state index contributed by atoms with van der Waals surface area (Å²) < 4.78 is 53.5. The first-order valence-corrected chi connectivity index (χ1v) is 12.9. The maximum atomic E-state index is 14.2. The van der Waals surface area contributed by atoms with Crippen molar-refractivity contribution in [1.82, 2.24) is 0 Å². The van der Waals surface area contributed by atoms with Crippen LogP contribution >= 0.6 is 0 Å². The van der Waals surface area contributed by atoms with E-state index in [1.54, 1.807) is 36.4 Å². The minimum atomic E-state index is -4.93. The number of benzene rings is 4. The molecule has 0 saturated carbocycles. The van der Waals surface area contributed by atoms with Gasteiger partial charge in [-0.1, -0.05) is 74.5 Å². The first kappa shape index (κ1) is 27.0. The minimum absolute atomic E-state index is 0.0304. The number of aryl methyl sites for hydroxylation is 2. The second kappa shape index (κ2) is 10.9. The van der Waals surface area contributed by atoms with Crippen LogP contribution < -0.4 is 15.5 Å². The van der Waals surface area contributed by atoms with Crippen LogP contribution in [0.2, 0.25) is 0 Å². The highest BCUT2D eigenvalue weighted by Crippen LogP contribution is 2.39. The molecule has 0 aliphatic rings. The van der Waals surface area contributed by atoms with E-state index in [1.807, 2.05) is 32.0 Å². The number of fused-ring (bicyclic) bond motifs is 2. The largest absolute Gasteiger partial charge is 0.484 e. The number of hydrogen-bond donors (Lipinski definition) is 1. The van der Waals surface area contributed by atoms with Crippen LogP contribution in [0.3, 0.4) is 0 Å². The zero-order chi connectivity index (χ0) is 28.4. The third-order valence-corrected chi connectivity index (χ3v) is 6.81. The Labute approximate surface area is 228 Å². The lowest BCUT2D eigenvalue weighted by molar-refractivity contribution is -0.152. The van der Waals surface area contributed by atoms with Crippen LogP contribution in [0.25, 0.3) is 32.9 Å². The van der Waals surface area contributed by atoms with E-state index >= 15 is 0 Å². The molecule has 0 bridgehead atoms. The van der Waals surface area contributed by atoms with Gasteiger partial charge in [-0.25, -0.2) is 0 Å². The molecule has 4 aromatic carbocycles. The highest BCUT2D eigenvalue weighted by atomic mass is 19.4. The standard InChI is InChI=1S/C32H26F3NO4/c1-3-19-10-7-11-20(4-2)29(19)36-27(37)18-39-22-15-16-25-26(17-22)40-31(32(33,34)35)28(30(25)38)24-14-8-12-21-9-5-6-13-23(21)24/h5-17H,3-4,18H2,1-2H3,(H,36,37). The maximum absolute atomic E-state index is 14.2. The number of rotatable bonds is 7. The predicted molar refractivity (Wildman–Crippen MR) is 150 cm³/mol. The Hall–Kier alpha value is -4.59. The van der Waals surface area contributed by atoms with Crippen molar-refractivity contribution in [1.29, 1.82) is 0 Å². The minimum Gasteiger partial charge on any atom is -0.484 e. The highest BCUT2D eigenvalue weighted by Gasteiger charge is 2.39. The molecular weight excluding hydrogens is 519 g/mol. The van der Waals surface area contributed by atoms with E-state index < -0.39 is 28.8 Å². The van der Waals surface area contributed by atoms with E-state index in [9.17, 15) is 22.8 Å². The molecule has 1 amide bonds. The van der Waals surface area contributed by atoms with Crippen LogP contribution in [0.1, 0.15) is 30.7 Å². The Kier molecular flexibility index (Phi) is 7.34. The lowest BCUT2D eigenvalue weighted by Gasteiger charge is -2.16. The molecule has 1 heterocycles. The van der Waals surface area contributed by atoms with Gasteiger partial charge in [0.15, 0.2) is 6.61 Å². The smallest absolute Gasteiger partial charge is 0.450 e. The third kappa shape index (κ3) is 5.17. The monoisotopic (exact) mass is 545 g/mol. The average Bonchev–Trinajstić information content (AvgIpc) is 2.95. The van der Waals surface area contributed by atoms with E-state index in [-0.39, 0.29) is 28.9 Å². The van der Waals surface area contributed by atoms with Gasteiger partial charge in [0.05, 0.1) is 10.9 Å². The zero-order valence-electron chi connectivity index (χ0n) is 21.9. The van der Waals surface area contributed by atoms with E-state index in [1.165, 1.54) is 24.3 Å². The molecule has 1 N–H and O–H groups in total. The molecule has 0 spiro atoms. The molecule has 0 unspecified atom stereocenters. The normalized spacial score (nSPS) is 11.6. The van der Waals surface area contributed by atoms with Gasteiger partial charge in [0.25, 0.3) is 5.91 Å². The number of ether oxygens (including phenoxy) is 1. The number of amides is 1. The molecule has 5 nitrogen and oxygen atoms in total. The number of nitrogens with one attached hydrogen (secondary N) is 1. The number of carbonyl (C=O) groups is 1. The van der Waals surface area contributed by atoms with Crippen LogP contribution in [-0.4, -0.2) is 12.5 Å². The second-order valence-electron chi connectivity index (χ2n) is 9.31. The highest BCUT2D eigenvalue weighted by molar-refractivity contribution is 5.99. The number of hydrogen-bond acceptors (Lipinski definition) is 4. The van der Waals surface area contributed by atoms with Crippen molar-refractivity contribution >= 4 is 33.3 Å². The fraction of sp³-hybridized carbons (Fsp3) is 0.188. The molecule has 0 aliphatic carbocycles. The van der Waals surface area contributed by atoms with Crippen molar-refractivity contribution < 1.29 is 27.1 Å². The molecule has 8 heteroatoms. The van der Waals surface area contributed by atoms with Gasteiger partial charge < -0.3 is 14.5 Å². The second-order valence-corrected chi connectivity index (χ2v) is 9.31. The Morgan fingerprint density at radius 2 is 1.55 bits per heavy atom. The van der Waals surface area contributed by atoms with Gasteiger partial charge in [-0.05, 0) is 52.4 Å². The molecule has 0 saturated heterocycles. The van der Waals surface area contributed by atoms with Crippen LogP contribution in [0.4, 0.5) is 18.9 Å². The molecule has 204 valence electrons. The van der Waals surface area contributed by atoms with E-state index in [2.05, 4.69) is 5.32 Å². The Bertz CT molecular complexity index is 1760. The van der Waals surface area contributed by atoms with E-state index in [0.29, 0.717) is 10.8 Å². The predicted octanol–water partition coefficient (Wildman–Crippen LogP) is 7.77. The Balaban J connectivity index is 1.49. The van der Waals surface area contributed by atoms with Gasteiger partial charge in [-0.3, -0.25) is 9.59 Å². The van der Waals surface area contributed by atoms with Crippen molar-refractivity contribution in [3.05, 3.63) is 106 Å². The lowest BCUT2D eigenvalue weighted by Crippen LogP contribution is -2.22. The molecule has 0 atom stereocenters. The lowest BCUT2D eigenvalue weighted by atomic mass is 9.96. The Morgan fingerprint density at radius 1 is 0.875 bits per heavy atom. The first-order valence-electron chi connectivity index (χ1n) is 12.9. The topological polar surface area (TPSA) is 68.5 Å². The first-order chi connectivity index (χ1) is 19.2. The summed E-state index contributed by atoms with van der Waals surface area (Å²) in [6, 6.07) is 21.5. The quantitative estimate of drug-likeness (QED) is 0.227. The fourth-order valence-electron chi connectivity index (χ4n) is 4.88. The Morgan fingerprint density at radius 3 is 2.25 bits per heavy atom. The number of carbonyl (C=O) groups excluding carboxylic acids is 1. The SMILES string of the molecule is CCc1cccc(CC)c1NC(=O)COc1ccc2c(=O)c(-c3cccc4ccccc34)c(C(F)(F)F)oc2c1. The third-order valence-electron chi connectivity index (χ3n) is 6.81. The summed E-state index contributed by atoms with van der Waals surface area (Å²) in [7, 11) is 0. The summed E-state index contributed by atoms with van der Waals surface area (Å²) in [5.74, 6) is -1.71. The summed E-state index contributed by atoms with van der Waals surface area (Å²) in [6.07, 6.45) is -3.47. The van der Waals surface area contributed by atoms with Crippen LogP contribution in [0, 0.1) is 0 Å². The number of alkyl halides is 3. The van der Waals surface area contributed by atoms with Crippen LogP contribution in [-0.2, 0) is 23.8 Å². The number of anilines is 1. The number of para-hydroxylation sites is 1. The molecule has 0 aliphatic heterocycles. The van der Waals surface area contributed by atoms with Crippen molar-refractivity contribution in [2.24, 2.45) is 0 Å². The summed E-state index contributed by atoms with van der Waals surface area (Å²) in [5.41, 5.74) is 1.20. The van der Waals surface area contributed by atoms with Crippen molar-refractivity contribution in [3.8, 4) is 16.9 Å². The molecule has 1 aromatic heterocycles. The van der Waals surface area contributed by atoms with Gasteiger partial charge in [-0.15, -0.1) is 0 Å². The van der Waals surface area contributed by atoms with Crippen LogP contribution in [0.5, 0.6) is 5.75 Å². The van der Waals surface area contributed by atoms with Crippen LogP contribution in [0.15, 0.2) is 88.1 Å².